The Balaban J connectivity index is 0. The maximum atomic E-state index is 11.6. The van der Waals surface area contributed by atoms with E-state index >= 15 is 0 Å². The molecule has 9 heteroatoms. The summed E-state index contributed by atoms with van der Waals surface area (Å²) in [5, 5.41) is 11.4. The monoisotopic (exact) mass is 542 g/mol. The van der Waals surface area contributed by atoms with Gasteiger partial charge in [0.2, 0.25) is 5.91 Å². The van der Waals surface area contributed by atoms with Gasteiger partial charge in [0.15, 0.2) is 0 Å². The van der Waals surface area contributed by atoms with E-state index in [2.05, 4.69) is 17.1 Å². The van der Waals surface area contributed by atoms with Crippen molar-refractivity contribution in [3.63, 3.8) is 0 Å². The normalized spacial score (nSPS) is 12.6. The Bertz CT molecular complexity index is 632. The highest BCUT2D eigenvalue weighted by Crippen LogP contribution is 2.28. The van der Waals surface area contributed by atoms with E-state index in [1.54, 1.807) is 0 Å². The Labute approximate surface area is 230 Å². The molecule has 0 atom stereocenters. The minimum absolute atomic E-state index is 0.0177. The Kier molecular flexibility index (Phi) is 28.9. The van der Waals surface area contributed by atoms with Crippen LogP contribution in [0, 0.1) is 16.0 Å². The highest BCUT2D eigenvalue weighted by Gasteiger charge is 2.15. The number of hydrogen-bond acceptors (Lipinski definition) is 7. The van der Waals surface area contributed by atoms with Gasteiger partial charge in [-0.3, -0.25) is 14.4 Å². The van der Waals surface area contributed by atoms with Gasteiger partial charge in [0.1, 0.15) is 12.3 Å². The largest absolute Gasteiger partial charge is 0.464 e. The number of Topliss-reactive ketones (excluding diaryl/α,β-unsaturated/α-hetero) is 1. The fraction of sp³-hybridized carbons (Fsp3) is 0.828. The number of amides is 1. The first-order valence-corrected chi connectivity index (χ1v) is 14.7. The van der Waals surface area contributed by atoms with Crippen LogP contribution in [0.4, 0.5) is 0 Å². The Hall–Kier alpha value is -2.45. The Morgan fingerprint density at radius 2 is 1.63 bits per heavy atom. The number of rotatable bonds is 20. The van der Waals surface area contributed by atoms with Gasteiger partial charge in [0, 0.05) is 25.7 Å². The molecule has 0 unspecified atom stereocenters. The van der Waals surface area contributed by atoms with Crippen LogP contribution in [0.5, 0.6) is 0 Å². The van der Waals surface area contributed by atoms with E-state index in [0.717, 1.165) is 38.0 Å². The lowest BCUT2D eigenvalue weighted by Gasteiger charge is -2.07. The molecule has 9 nitrogen and oxygen atoms in total. The summed E-state index contributed by atoms with van der Waals surface area (Å²) < 4.78 is 4.75. The number of allylic oxidation sites excluding steroid dienone is 2. The third-order valence-electron chi connectivity index (χ3n) is 6.05. The first-order chi connectivity index (χ1) is 18.4. The van der Waals surface area contributed by atoms with Crippen molar-refractivity contribution in [2.45, 2.75) is 130 Å². The van der Waals surface area contributed by atoms with E-state index in [0.29, 0.717) is 12.2 Å². The third-order valence-corrected chi connectivity index (χ3v) is 6.05. The zero-order valence-electron chi connectivity index (χ0n) is 24.5. The SMILES string of the molecule is C/C=C\CCCC(=O)NCC(=O)OCCCO[N+](=O)[O-].CC.CCCCCCCC(=O)CCC1CCCC1. The second kappa shape index (κ2) is 29.1. The van der Waals surface area contributed by atoms with Crippen molar-refractivity contribution in [3.8, 4) is 0 Å². The molecule has 0 aromatic heterocycles. The molecule has 0 saturated heterocycles. The summed E-state index contributed by atoms with van der Waals surface area (Å²) in [5.74, 6) is 0.614. The topological polar surface area (TPSA) is 125 Å². The zero-order chi connectivity index (χ0) is 28.9. The van der Waals surface area contributed by atoms with Crippen LogP contribution in [0.2, 0.25) is 0 Å². The van der Waals surface area contributed by atoms with Crippen molar-refractivity contribution in [3.05, 3.63) is 22.3 Å². The molecule has 0 aromatic rings. The second-order valence-electron chi connectivity index (χ2n) is 9.26. The number of nitrogens with one attached hydrogen (secondary N) is 1. The molecule has 1 fully saturated rings. The lowest BCUT2D eigenvalue weighted by atomic mass is 9.98. The molecular weight excluding hydrogens is 488 g/mol. The third kappa shape index (κ3) is 28.1. The molecule has 1 aliphatic carbocycles. The van der Waals surface area contributed by atoms with Crippen LogP contribution >= 0.6 is 0 Å². The number of carbonyl (C=O) groups excluding carboxylic acids is 3. The fourth-order valence-corrected chi connectivity index (χ4v) is 3.96. The molecule has 1 saturated carbocycles. The molecule has 0 aliphatic heterocycles. The number of esters is 1. The number of hydrogen-bond donors (Lipinski definition) is 1. The minimum atomic E-state index is -0.907. The van der Waals surface area contributed by atoms with Crippen molar-refractivity contribution in [1.29, 1.82) is 0 Å². The number of nitrogens with zero attached hydrogens (tertiary/aromatic N) is 1. The first kappa shape index (κ1) is 37.7. The number of ether oxygens (including phenoxy) is 1. The molecule has 1 aliphatic rings. The van der Waals surface area contributed by atoms with E-state index in [4.69, 9.17) is 4.74 Å². The van der Waals surface area contributed by atoms with Gasteiger partial charge in [-0.05, 0) is 38.5 Å². The van der Waals surface area contributed by atoms with Crippen LogP contribution in [-0.2, 0) is 24.0 Å². The molecule has 0 spiro atoms. The van der Waals surface area contributed by atoms with Crippen molar-refractivity contribution in [2.24, 2.45) is 5.92 Å². The van der Waals surface area contributed by atoms with Gasteiger partial charge in [-0.15, -0.1) is 10.1 Å². The lowest BCUT2D eigenvalue weighted by molar-refractivity contribution is -0.757. The van der Waals surface area contributed by atoms with E-state index in [1.165, 1.54) is 57.8 Å². The molecule has 0 bridgehead atoms. The molecule has 1 N–H and O–H groups in total. The van der Waals surface area contributed by atoms with E-state index < -0.39 is 11.1 Å². The van der Waals surface area contributed by atoms with E-state index in [-0.39, 0.29) is 32.1 Å². The summed E-state index contributed by atoms with van der Waals surface area (Å²) in [7, 11) is 0. The standard InChI is InChI=1S/C15H28O.C12H20N2O6.C2H6/c1-2-3-4-5-6-11-15(16)13-12-14-9-7-8-10-14;1-2-3-4-5-7-11(15)13-10-12(16)19-8-6-9-20-14(17)18;1-2/h14H,2-13H2,1H3;2-3H,4-10H2,1H3,(H,13,15);1-2H3/b;3-2-;. The summed E-state index contributed by atoms with van der Waals surface area (Å²) in [6.45, 7) is 7.83. The van der Waals surface area contributed by atoms with Crippen LogP contribution in [0.3, 0.4) is 0 Å². The van der Waals surface area contributed by atoms with Crippen molar-refractivity contribution in [2.75, 3.05) is 19.8 Å². The second-order valence-corrected chi connectivity index (χ2v) is 9.26. The van der Waals surface area contributed by atoms with Gasteiger partial charge in [-0.1, -0.05) is 84.3 Å². The number of carbonyl (C=O) groups is 3. The molecular formula is C29H54N2O7. The van der Waals surface area contributed by atoms with Crippen molar-refractivity contribution >= 4 is 17.7 Å². The molecule has 222 valence electrons. The van der Waals surface area contributed by atoms with Gasteiger partial charge < -0.3 is 14.9 Å². The molecule has 0 heterocycles. The average molecular weight is 543 g/mol. The van der Waals surface area contributed by atoms with Crippen LogP contribution in [-0.4, -0.2) is 42.5 Å². The Morgan fingerprint density at radius 1 is 0.947 bits per heavy atom. The highest BCUT2D eigenvalue weighted by atomic mass is 16.9. The van der Waals surface area contributed by atoms with E-state index in [1.807, 2.05) is 32.9 Å². The Morgan fingerprint density at radius 3 is 2.26 bits per heavy atom. The molecule has 1 rings (SSSR count). The van der Waals surface area contributed by atoms with Crippen LogP contribution in [0.25, 0.3) is 0 Å². The first-order valence-electron chi connectivity index (χ1n) is 14.7. The quantitative estimate of drug-likeness (QED) is 0.0583. The summed E-state index contributed by atoms with van der Waals surface area (Å²) in [4.78, 5) is 48.0. The smallest absolute Gasteiger partial charge is 0.325 e. The minimum Gasteiger partial charge on any atom is -0.464 e. The van der Waals surface area contributed by atoms with Crippen LogP contribution in [0.15, 0.2) is 12.2 Å². The fourth-order valence-electron chi connectivity index (χ4n) is 3.96. The molecule has 0 aromatic carbocycles. The van der Waals surface area contributed by atoms with Crippen LogP contribution < -0.4 is 5.32 Å². The predicted octanol–water partition coefficient (Wildman–Crippen LogP) is 6.90. The molecule has 0 radical (unpaired) electrons. The lowest BCUT2D eigenvalue weighted by Crippen LogP contribution is -2.30. The molecule has 1 amide bonds. The number of unbranched alkanes of at least 4 members (excludes halogenated alkanes) is 5. The van der Waals surface area contributed by atoms with Gasteiger partial charge in [0.25, 0.3) is 5.09 Å². The summed E-state index contributed by atoms with van der Waals surface area (Å²) in [5.41, 5.74) is 0. The number of ketones is 1. The van der Waals surface area contributed by atoms with Gasteiger partial charge in [-0.2, -0.15) is 0 Å². The van der Waals surface area contributed by atoms with Crippen molar-refractivity contribution in [1.82, 2.24) is 5.32 Å². The average Bonchev–Trinajstić information content (AvgIpc) is 3.44. The maximum absolute atomic E-state index is 11.6. The van der Waals surface area contributed by atoms with Gasteiger partial charge >= 0.3 is 5.97 Å². The zero-order valence-corrected chi connectivity index (χ0v) is 24.5. The summed E-state index contributed by atoms with van der Waals surface area (Å²) in [6.07, 6.45) is 20.8. The van der Waals surface area contributed by atoms with Crippen molar-refractivity contribution < 1.29 is 29.0 Å². The summed E-state index contributed by atoms with van der Waals surface area (Å²) >= 11 is 0. The highest BCUT2D eigenvalue weighted by molar-refractivity contribution is 5.81. The summed E-state index contributed by atoms with van der Waals surface area (Å²) in [6, 6.07) is 0. The predicted molar refractivity (Wildman–Crippen MR) is 151 cm³/mol. The van der Waals surface area contributed by atoms with Gasteiger partial charge in [0.05, 0.1) is 13.2 Å². The molecule has 38 heavy (non-hydrogen) atoms. The van der Waals surface area contributed by atoms with Crippen LogP contribution in [0.1, 0.15) is 130 Å². The van der Waals surface area contributed by atoms with E-state index in [9.17, 15) is 24.5 Å². The maximum Gasteiger partial charge on any atom is 0.325 e. The van der Waals surface area contributed by atoms with Gasteiger partial charge in [-0.25, -0.2) is 0 Å².